The molecule has 0 saturated heterocycles. The smallest absolute Gasteiger partial charge is 0.405 e. The van der Waals surface area contributed by atoms with E-state index in [1.807, 2.05) is 0 Å². The maximum Gasteiger partial charge on any atom is 0.405 e. The van der Waals surface area contributed by atoms with E-state index in [0.29, 0.717) is 4.90 Å². The Balaban J connectivity index is 3.32. The lowest BCUT2D eigenvalue weighted by Crippen LogP contribution is -2.35. The topological polar surface area (TPSA) is 96.6 Å². The molecule has 0 saturated carbocycles. The summed E-state index contributed by atoms with van der Waals surface area (Å²) in [6.07, 6.45) is -4.59. The van der Waals surface area contributed by atoms with Gasteiger partial charge in [-0.1, -0.05) is 0 Å². The van der Waals surface area contributed by atoms with E-state index < -0.39 is 40.8 Å². The summed E-state index contributed by atoms with van der Waals surface area (Å²) in [4.78, 5) is 24.7. The molecule has 7 nitrogen and oxygen atoms in total. The van der Waals surface area contributed by atoms with Crippen LogP contribution in [0.4, 0.5) is 24.7 Å². The summed E-state index contributed by atoms with van der Waals surface area (Å²) in [6.45, 7) is -0.318. The van der Waals surface area contributed by atoms with E-state index in [1.165, 1.54) is 6.92 Å². The van der Waals surface area contributed by atoms with Crippen LogP contribution in [0.25, 0.3) is 0 Å². The van der Waals surface area contributed by atoms with Crippen molar-refractivity contribution in [3.63, 3.8) is 0 Å². The molecule has 1 heterocycles. The van der Waals surface area contributed by atoms with Crippen LogP contribution in [0.3, 0.4) is 0 Å². The summed E-state index contributed by atoms with van der Waals surface area (Å²) in [7, 11) is 0. The van der Waals surface area contributed by atoms with Crippen LogP contribution in [0.5, 0.6) is 0 Å². The molecule has 1 rings (SSSR count). The van der Waals surface area contributed by atoms with Crippen molar-refractivity contribution in [2.45, 2.75) is 13.1 Å². The number of nitrogens with zero attached hydrogens (tertiary/aromatic N) is 3. The van der Waals surface area contributed by atoms with Crippen molar-refractivity contribution in [3.05, 3.63) is 27.9 Å². The molecule has 0 radical (unpaired) electrons. The molecular weight excluding hydrogens is 283 g/mol. The van der Waals surface area contributed by atoms with Gasteiger partial charge in [0.05, 0.1) is 4.92 Å². The Morgan fingerprint density at radius 2 is 2.10 bits per heavy atom. The van der Waals surface area contributed by atoms with Gasteiger partial charge >= 0.3 is 17.8 Å². The van der Waals surface area contributed by atoms with Gasteiger partial charge in [0.15, 0.2) is 5.69 Å². The minimum atomic E-state index is -4.59. The van der Waals surface area contributed by atoms with E-state index in [-0.39, 0.29) is 6.54 Å². The van der Waals surface area contributed by atoms with Crippen molar-refractivity contribution in [2.24, 2.45) is 0 Å². The fourth-order valence-electron chi connectivity index (χ4n) is 1.49. The monoisotopic (exact) mass is 293 g/mol. The Kier molecular flexibility index (Phi) is 4.48. The fourth-order valence-corrected chi connectivity index (χ4v) is 1.49. The highest BCUT2D eigenvalue weighted by Crippen LogP contribution is 2.28. The van der Waals surface area contributed by atoms with Crippen molar-refractivity contribution in [1.82, 2.24) is 4.98 Å². The van der Waals surface area contributed by atoms with Gasteiger partial charge in [-0.3, -0.25) is 10.1 Å². The molecule has 0 aliphatic heterocycles. The molecule has 0 unspecified atom stereocenters. The standard InChI is InChI=1S/C10H10F3N3O4/c1-2-15(5-10(11,12)13)8-7(16(19)20)4-3-6(14-8)9(17)18/h3-4H,2,5H2,1H3,(H,17,18). The number of carboxylic acids is 1. The average molecular weight is 293 g/mol. The van der Waals surface area contributed by atoms with Crippen LogP contribution < -0.4 is 4.90 Å². The first kappa shape index (κ1) is 15.7. The van der Waals surface area contributed by atoms with Crippen LogP contribution in [0.2, 0.25) is 0 Å². The minimum absolute atomic E-state index is 0.212. The van der Waals surface area contributed by atoms with E-state index in [9.17, 15) is 28.1 Å². The van der Waals surface area contributed by atoms with Gasteiger partial charge < -0.3 is 10.0 Å². The molecule has 0 fully saturated rings. The second kappa shape index (κ2) is 5.72. The lowest BCUT2D eigenvalue weighted by atomic mass is 10.3. The highest BCUT2D eigenvalue weighted by molar-refractivity contribution is 5.86. The van der Waals surface area contributed by atoms with E-state index >= 15 is 0 Å². The molecule has 1 aromatic heterocycles. The maximum absolute atomic E-state index is 12.4. The molecule has 0 aromatic carbocycles. The number of hydrogen-bond donors (Lipinski definition) is 1. The molecule has 0 atom stereocenters. The molecule has 0 bridgehead atoms. The Morgan fingerprint density at radius 3 is 2.50 bits per heavy atom. The van der Waals surface area contributed by atoms with Crippen LogP contribution in [-0.4, -0.2) is 40.2 Å². The number of carbonyl (C=O) groups is 1. The summed E-state index contributed by atoms with van der Waals surface area (Å²) in [5.41, 5.74) is -1.24. The predicted molar refractivity (Wildman–Crippen MR) is 61.8 cm³/mol. The first-order valence-corrected chi connectivity index (χ1v) is 5.36. The number of carboxylic acid groups (broad SMARTS) is 1. The van der Waals surface area contributed by atoms with Crippen molar-refractivity contribution >= 4 is 17.5 Å². The fraction of sp³-hybridized carbons (Fsp3) is 0.400. The number of aromatic nitrogens is 1. The summed E-state index contributed by atoms with van der Waals surface area (Å²) >= 11 is 0. The number of rotatable bonds is 5. The molecular formula is C10H10F3N3O4. The van der Waals surface area contributed by atoms with E-state index in [1.54, 1.807) is 0 Å². The number of aromatic carboxylic acids is 1. The van der Waals surface area contributed by atoms with Crippen molar-refractivity contribution in [1.29, 1.82) is 0 Å². The third-order valence-electron chi connectivity index (χ3n) is 2.32. The number of alkyl halides is 3. The Morgan fingerprint density at radius 1 is 1.50 bits per heavy atom. The molecule has 110 valence electrons. The minimum Gasteiger partial charge on any atom is -0.477 e. The third-order valence-corrected chi connectivity index (χ3v) is 2.32. The zero-order valence-corrected chi connectivity index (χ0v) is 10.2. The molecule has 0 aliphatic rings. The number of anilines is 1. The van der Waals surface area contributed by atoms with Gasteiger partial charge in [0.2, 0.25) is 5.82 Å². The molecule has 0 amide bonds. The second-order valence-corrected chi connectivity index (χ2v) is 3.73. The maximum atomic E-state index is 12.4. The van der Waals surface area contributed by atoms with Gasteiger partial charge in [-0.05, 0) is 13.0 Å². The van der Waals surface area contributed by atoms with Crippen LogP contribution in [-0.2, 0) is 0 Å². The normalized spacial score (nSPS) is 11.2. The first-order chi connectivity index (χ1) is 9.15. The predicted octanol–water partition coefficient (Wildman–Crippen LogP) is 2.08. The molecule has 10 heteroatoms. The second-order valence-electron chi connectivity index (χ2n) is 3.73. The average Bonchev–Trinajstić information content (AvgIpc) is 2.33. The van der Waals surface area contributed by atoms with Gasteiger partial charge in [0.25, 0.3) is 0 Å². The van der Waals surface area contributed by atoms with E-state index in [4.69, 9.17) is 5.11 Å². The first-order valence-electron chi connectivity index (χ1n) is 5.36. The zero-order chi connectivity index (χ0) is 15.5. The largest absolute Gasteiger partial charge is 0.477 e. The molecule has 20 heavy (non-hydrogen) atoms. The highest BCUT2D eigenvalue weighted by Gasteiger charge is 2.33. The third kappa shape index (κ3) is 3.80. The quantitative estimate of drug-likeness (QED) is 0.659. The number of halogens is 3. The molecule has 0 aliphatic carbocycles. The van der Waals surface area contributed by atoms with Gasteiger partial charge in [0, 0.05) is 12.6 Å². The van der Waals surface area contributed by atoms with Gasteiger partial charge in [-0.15, -0.1) is 0 Å². The number of nitro groups is 1. The molecule has 0 spiro atoms. The lowest BCUT2D eigenvalue weighted by Gasteiger charge is -2.23. The van der Waals surface area contributed by atoms with Crippen molar-refractivity contribution < 1.29 is 28.0 Å². The summed E-state index contributed by atoms with van der Waals surface area (Å²) in [5.74, 6) is -2.10. The van der Waals surface area contributed by atoms with E-state index in [0.717, 1.165) is 12.1 Å². The van der Waals surface area contributed by atoms with Gasteiger partial charge in [-0.2, -0.15) is 13.2 Å². The Hall–Kier alpha value is -2.39. The van der Waals surface area contributed by atoms with Crippen LogP contribution >= 0.6 is 0 Å². The van der Waals surface area contributed by atoms with Crippen LogP contribution in [0.1, 0.15) is 17.4 Å². The Labute approximate surface area is 110 Å². The van der Waals surface area contributed by atoms with Gasteiger partial charge in [-0.25, -0.2) is 9.78 Å². The summed E-state index contributed by atoms with van der Waals surface area (Å²) in [5, 5.41) is 19.6. The number of hydrogen-bond acceptors (Lipinski definition) is 5. The molecule has 1 aromatic rings. The lowest BCUT2D eigenvalue weighted by molar-refractivity contribution is -0.384. The van der Waals surface area contributed by atoms with Crippen LogP contribution in [0, 0.1) is 10.1 Å². The summed E-state index contributed by atoms with van der Waals surface area (Å²) < 4.78 is 37.2. The molecule has 1 N–H and O–H groups in total. The Bertz CT molecular complexity index is 533. The van der Waals surface area contributed by atoms with Gasteiger partial charge in [0.1, 0.15) is 6.54 Å². The van der Waals surface area contributed by atoms with Crippen LogP contribution in [0.15, 0.2) is 12.1 Å². The SMILES string of the molecule is CCN(CC(F)(F)F)c1nc(C(=O)O)ccc1[N+](=O)[O-]. The van der Waals surface area contributed by atoms with Crippen molar-refractivity contribution in [3.8, 4) is 0 Å². The van der Waals surface area contributed by atoms with Crippen molar-refractivity contribution in [2.75, 3.05) is 18.0 Å². The number of pyridine rings is 1. The summed E-state index contributed by atoms with van der Waals surface area (Å²) in [6, 6.07) is 1.69. The van der Waals surface area contributed by atoms with E-state index in [2.05, 4.69) is 4.98 Å². The zero-order valence-electron chi connectivity index (χ0n) is 10.2. The highest BCUT2D eigenvalue weighted by atomic mass is 19.4.